The summed E-state index contributed by atoms with van der Waals surface area (Å²) in [6.45, 7) is 7.07. The number of carbonyl (C=O) groups is 3. The molecule has 5 rings (SSSR count). The lowest BCUT2D eigenvalue weighted by Gasteiger charge is -2.21. The smallest absolute Gasteiger partial charge is 0.230 e. The molecule has 1 aliphatic rings. The van der Waals surface area contributed by atoms with Gasteiger partial charge in [-0.3, -0.25) is 24.7 Å². The zero-order valence-electron chi connectivity index (χ0n) is 23.7. The number of nitrogens with one attached hydrogen (secondary N) is 1. The molecule has 0 spiro atoms. The highest BCUT2D eigenvalue weighted by Gasteiger charge is 2.29. The van der Waals surface area contributed by atoms with Crippen molar-refractivity contribution < 1.29 is 23.7 Å². The van der Waals surface area contributed by atoms with Crippen LogP contribution in [0.1, 0.15) is 53.2 Å². The van der Waals surface area contributed by atoms with Crippen molar-refractivity contribution in [1.29, 1.82) is 0 Å². The SMILES string of the molecule is C=C(CC1CCC(=O)NC1=O)C(=O)c1cccc(OCc2ccc(C[n+]3ccc(-c4ccccn4)cc3)cc2)c1CC. The summed E-state index contributed by atoms with van der Waals surface area (Å²) in [5.41, 5.74) is 5.93. The zero-order chi connectivity index (χ0) is 29.5. The zero-order valence-corrected chi connectivity index (χ0v) is 23.7. The first kappa shape index (κ1) is 28.6. The highest BCUT2D eigenvalue weighted by Crippen LogP contribution is 2.28. The normalized spacial score (nSPS) is 14.7. The van der Waals surface area contributed by atoms with Crippen LogP contribution in [0.2, 0.25) is 0 Å². The highest BCUT2D eigenvalue weighted by molar-refractivity contribution is 6.10. The minimum atomic E-state index is -0.420. The van der Waals surface area contributed by atoms with Crippen molar-refractivity contribution in [3.8, 4) is 17.0 Å². The van der Waals surface area contributed by atoms with Crippen LogP contribution in [-0.4, -0.2) is 22.6 Å². The van der Waals surface area contributed by atoms with Crippen molar-refractivity contribution in [2.75, 3.05) is 0 Å². The summed E-state index contributed by atoms with van der Waals surface area (Å²) in [5.74, 6) is -0.569. The van der Waals surface area contributed by atoms with Crippen LogP contribution in [0.25, 0.3) is 11.3 Å². The molecule has 212 valence electrons. The van der Waals surface area contributed by atoms with Crippen LogP contribution in [0.3, 0.4) is 0 Å². The molecule has 7 nitrogen and oxygen atoms in total. The number of piperidine rings is 1. The summed E-state index contributed by atoms with van der Waals surface area (Å²) in [6.07, 6.45) is 7.45. The molecule has 4 aromatic rings. The van der Waals surface area contributed by atoms with Crippen molar-refractivity contribution in [1.82, 2.24) is 10.3 Å². The lowest BCUT2D eigenvalue weighted by molar-refractivity contribution is -0.688. The molecule has 0 saturated carbocycles. The Kier molecular flexibility index (Phi) is 8.97. The molecule has 0 aliphatic carbocycles. The second-order valence-corrected chi connectivity index (χ2v) is 10.5. The Morgan fingerprint density at radius 2 is 1.76 bits per heavy atom. The van der Waals surface area contributed by atoms with E-state index in [0.717, 1.165) is 28.9 Å². The van der Waals surface area contributed by atoms with Crippen molar-refractivity contribution >= 4 is 17.6 Å². The summed E-state index contributed by atoms with van der Waals surface area (Å²) < 4.78 is 8.31. The van der Waals surface area contributed by atoms with Crippen LogP contribution in [-0.2, 0) is 29.2 Å². The van der Waals surface area contributed by atoms with E-state index in [1.54, 1.807) is 18.3 Å². The maximum Gasteiger partial charge on any atom is 0.230 e. The van der Waals surface area contributed by atoms with Crippen LogP contribution in [0, 0.1) is 5.92 Å². The van der Waals surface area contributed by atoms with Gasteiger partial charge in [-0.2, -0.15) is 0 Å². The van der Waals surface area contributed by atoms with E-state index >= 15 is 0 Å². The van der Waals surface area contributed by atoms with E-state index in [9.17, 15) is 14.4 Å². The minimum Gasteiger partial charge on any atom is -0.489 e. The van der Waals surface area contributed by atoms with Gasteiger partial charge in [0.2, 0.25) is 11.8 Å². The number of ether oxygens (including phenoxy) is 1. The molecule has 1 saturated heterocycles. The number of benzene rings is 2. The number of rotatable bonds is 11. The number of hydrogen-bond donors (Lipinski definition) is 1. The third-order valence-electron chi connectivity index (χ3n) is 7.53. The van der Waals surface area contributed by atoms with Crippen molar-refractivity contribution in [3.05, 3.63) is 126 Å². The van der Waals surface area contributed by atoms with E-state index in [-0.39, 0.29) is 30.4 Å². The molecule has 2 amide bonds. The molecule has 2 aromatic carbocycles. The number of imide groups is 1. The second-order valence-electron chi connectivity index (χ2n) is 10.5. The Morgan fingerprint density at radius 3 is 2.45 bits per heavy atom. The number of carbonyl (C=O) groups excluding carboxylic acids is 3. The minimum absolute atomic E-state index is 0.197. The Labute approximate surface area is 245 Å². The molecular weight excluding hydrogens is 526 g/mol. The van der Waals surface area contributed by atoms with Gasteiger partial charge in [0.1, 0.15) is 12.4 Å². The average Bonchev–Trinajstić information content (AvgIpc) is 3.02. The fourth-order valence-electron chi connectivity index (χ4n) is 5.17. The Hall–Kier alpha value is -4.91. The van der Waals surface area contributed by atoms with Crippen LogP contribution in [0.5, 0.6) is 5.75 Å². The number of hydrogen-bond acceptors (Lipinski definition) is 5. The van der Waals surface area contributed by atoms with Gasteiger partial charge in [0.25, 0.3) is 0 Å². The molecule has 1 atom stereocenters. The van der Waals surface area contributed by atoms with Crippen LogP contribution < -0.4 is 14.6 Å². The maximum atomic E-state index is 13.3. The number of amides is 2. The topological polar surface area (TPSA) is 89.2 Å². The van der Waals surface area contributed by atoms with Gasteiger partial charge >= 0.3 is 0 Å². The van der Waals surface area contributed by atoms with E-state index in [1.807, 2.05) is 31.2 Å². The first-order valence-corrected chi connectivity index (χ1v) is 14.2. The van der Waals surface area contributed by atoms with Gasteiger partial charge in [0, 0.05) is 52.9 Å². The van der Waals surface area contributed by atoms with E-state index in [4.69, 9.17) is 4.74 Å². The summed E-state index contributed by atoms with van der Waals surface area (Å²) >= 11 is 0. The molecule has 1 fully saturated rings. The average molecular weight is 561 g/mol. The molecule has 0 radical (unpaired) electrons. The van der Waals surface area contributed by atoms with Gasteiger partial charge in [-0.25, -0.2) is 4.57 Å². The summed E-state index contributed by atoms with van der Waals surface area (Å²) in [5, 5.41) is 2.35. The number of allylic oxidation sites excluding steroid dienone is 1. The Bertz CT molecular complexity index is 1600. The second kappa shape index (κ2) is 13.2. The van der Waals surface area contributed by atoms with E-state index in [2.05, 4.69) is 70.2 Å². The number of pyridine rings is 2. The lowest BCUT2D eigenvalue weighted by atomic mass is 9.87. The first-order valence-electron chi connectivity index (χ1n) is 14.2. The Morgan fingerprint density at radius 1 is 1.00 bits per heavy atom. The highest BCUT2D eigenvalue weighted by atomic mass is 16.5. The quantitative estimate of drug-likeness (QED) is 0.115. The lowest BCUT2D eigenvalue weighted by Crippen LogP contribution is -2.41. The number of aromatic nitrogens is 2. The molecule has 1 aliphatic heterocycles. The molecule has 7 heteroatoms. The fraction of sp³-hybridized carbons (Fsp3) is 0.229. The van der Waals surface area contributed by atoms with Gasteiger partial charge in [-0.1, -0.05) is 56.0 Å². The monoisotopic (exact) mass is 560 g/mol. The van der Waals surface area contributed by atoms with Gasteiger partial charge in [-0.05, 0) is 48.6 Å². The standard InChI is InChI=1S/C35H33N3O4/c1-3-29-30(34(40)24(2)21-28-14-15-33(39)37-35(28)41)7-6-9-32(29)42-23-26-12-10-25(11-13-26)22-38-19-16-27(17-20-38)31-8-4-5-18-36-31/h4-13,16-20,28H,2-3,14-15,21-23H2,1H3/p+1. The number of Topliss-reactive ketones (excluding diaryl/α,β-unsaturated/α-hetero) is 1. The van der Waals surface area contributed by atoms with Crippen molar-refractivity contribution in [3.63, 3.8) is 0 Å². The fourth-order valence-corrected chi connectivity index (χ4v) is 5.17. The first-order chi connectivity index (χ1) is 20.4. The predicted octanol–water partition coefficient (Wildman–Crippen LogP) is 5.41. The van der Waals surface area contributed by atoms with Gasteiger partial charge in [-0.15, -0.1) is 0 Å². The van der Waals surface area contributed by atoms with E-state index < -0.39 is 5.92 Å². The predicted molar refractivity (Wildman–Crippen MR) is 160 cm³/mol. The largest absolute Gasteiger partial charge is 0.489 e. The van der Waals surface area contributed by atoms with E-state index in [0.29, 0.717) is 36.3 Å². The third-order valence-corrected chi connectivity index (χ3v) is 7.53. The van der Waals surface area contributed by atoms with Gasteiger partial charge < -0.3 is 4.74 Å². The number of ketones is 1. The molecule has 2 aromatic heterocycles. The Balaban J connectivity index is 1.19. The van der Waals surface area contributed by atoms with E-state index in [1.165, 1.54) is 5.56 Å². The van der Waals surface area contributed by atoms with Crippen LogP contribution >= 0.6 is 0 Å². The molecule has 1 N–H and O–H groups in total. The summed E-state index contributed by atoms with van der Waals surface area (Å²) in [6, 6.07) is 23.8. The summed E-state index contributed by atoms with van der Waals surface area (Å²) in [4.78, 5) is 41.3. The molecule has 1 unspecified atom stereocenters. The molecular formula is C35H34N3O4+. The third kappa shape index (κ3) is 6.86. The molecule has 42 heavy (non-hydrogen) atoms. The maximum absolute atomic E-state index is 13.3. The molecule has 3 heterocycles. The summed E-state index contributed by atoms with van der Waals surface area (Å²) in [7, 11) is 0. The number of nitrogens with zero attached hydrogens (tertiary/aromatic N) is 2. The van der Waals surface area contributed by atoms with Crippen molar-refractivity contribution in [2.45, 2.75) is 45.8 Å². The van der Waals surface area contributed by atoms with Crippen molar-refractivity contribution in [2.24, 2.45) is 5.92 Å². The van der Waals surface area contributed by atoms with Crippen LogP contribution in [0.4, 0.5) is 0 Å². The van der Waals surface area contributed by atoms with Crippen LogP contribution in [0.15, 0.2) is 104 Å². The van der Waals surface area contributed by atoms with Gasteiger partial charge in [0.15, 0.2) is 24.7 Å². The van der Waals surface area contributed by atoms with Gasteiger partial charge in [0.05, 0.1) is 5.69 Å². The molecule has 0 bridgehead atoms.